The van der Waals surface area contributed by atoms with Crippen LogP contribution < -0.4 is 5.32 Å². The predicted molar refractivity (Wildman–Crippen MR) is 118 cm³/mol. The standard InChI is InChI=1S/C23H18N8O/c1-2-11-26-18(7-1)23-28-19(16-5-3-9-24-14-16)13-20(29-23)27-12-8-21-30-22(31-32-21)17-6-4-10-25-15-17/h1-7,9-11,13-15H,8,12H2,(H,27,28,29). The minimum Gasteiger partial charge on any atom is -0.369 e. The van der Waals surface area contributed by atoms with Gasteiger partial charge in [-0.2, -0.15) is 4.98 Å². The molecule has 0 saturated carbocycles. The Labute approximate surface area is 183 Å². The van der Waals surface area contributed by atoms with Gasteiger partial charge in [0.2, 0.25) is 11.7 Å². The highest BCUT2D eigenvalue weighted by Gasteiger charge is 2.11. The van der Waals surface area contributed by atoms with Gasteiger partial charge in [-0.05, 0) is 36.4 Å². The van der Waals surface area contributed by atoms with E-state index in [0.717, 1.165) is 16.8 Å². The zero-order valence-electron chi connectivity index (χ0n) is 17.0. The molecule has 0 aliphatic heterocycles. The largest absolute Gasteiger partial charge is 0.369 e. The molecule has 9 heteroatoms. The summed E-state index contributed by atoms with van der Waals surface area (Å²) in [6.07, 6.45) is 9.17. The Balaban J connectivity index is 1.35. The molecule has 5 aromatic rings. The van der Waals surface area contributed by atoms with Crippen LogP contribution >= 0.6 is 0 Å². The Morgan fingerprint density at radius 3 is 2.34 bits per heavy atom. The lowest BCUT2D eigenvalue weighted by atomic mass is 10.2. The maximum absolute atomic E-state index is 5.36. The highest BCUT2D eigenvalue weighted by Crippen LogP contribution is 2.23. The van der Waals surface area contributed by atoms with E-state index in [9.17, 15) is 0 Å². The van der Waals surface area contributed by atoms with Crippen LogP contribution in [-0.4, -0.2) is 41.6 Å². The second-order valence-electron chi connectivity index (χ2n) is 6.85. The first-order valence-electron chi connectivity index (χ1n) is 10.0. The zero-order valence-corrected chi connectivity index (χ0v) is 17.0. The van der Waals surface area contributed by atoms with Crippen LogP contribution in [0.5, 0.6) is 0 Å². The van der Waals surface area contributed by atoms with Crippen LogP contribution in [0.1, 0.15) is 5.89 Å². The average Bonchev–Trinajstić information content (AvgIpc) is 3.34. The van der Waals surface area contributed by atoms with E-state index in [1.165, 1.54) is 0 Å². The molecule has 0 atom stereocenters. The Hall–Kier alpha value is -4.53. The van der Waals surface area contributed by atoms with Gasteiger partial charge in [0.15, 0.2) is 5.82 Å². The molecular weight excluding hydrogens is 404 g/mol. The van der Waals surface area contributed by atoms with Crippen molar-refractivity contribution < 1.29 is 4.52 Å². The molecule has 9 nitrogen and oxygen atoms in total. The monoisotopic (exact) mass is 422 g/mol. The van der Waals surface area contributed by atoms with Crippen LogP contribution in [0.15, 0.2) is 84.0 Å². The number of pyridine rings is 3. The Bertz CT molecular complexity index is 1240. The lowest BCUT2D eigenvalue weighted by molar-refractivity contribution is 0.381. The van der Waals surface area contributed by atoms with Crippen molar-refractivity contribution in [1.82, 2.24) is 35.1 Å². The third kappa shape index (κ3) is 4.46. The van der Waals surface area contributed by atoms with Crippen LogP contribution in [0.3, 0.4) is 0 Å². The molecule has 1 N–H and O–H groups in total. The fourth-order valence-corrected chi connectivity index (χ4v) is 3.08. The minimum atomic E-state index is 0.520. The van der Waals surface area contributed by atoms with Gasteiger partial charge in [-0.15, -0.1) is 0 Å². The third-order valence-electron chi connectivity index (χ3n) is 4.61. The van der Waals surface area contributed by atoms with E-state index in [0.29, 0.717) is 42.0 Å². The smallest absolute Gasteiger partial charge is 0.228 e. The molecule has 0 unspecified atom stereocenters. The summed E-state index contributed by atoms with van der Waals surface area (Å²) in [5.41, 5.74) is 3.16. The van der Waals surface area contributed by atoms with Crippen molar-refractivity contribution >= 4 is 5.82 Å². The number of hydrogen-bond acceptors (Lipinski definition) is 9. The third-order valence-corrected chi connectivity index (χ3v) is 4.61. The molecule has 0 aliphatic rings. The highest BCUT2D eigenvalue weighted by molar-refractivity contribution is 5.65. The van der Waals surface area contributed by atoms with Crippen molar-refractivity contribution in [1.29, 1.82) is 0 Å². The van der Waals surface area contributed by atoms with Gasteiger partial charge >= 0.3 is 0 Å². The number of anilines is 1. The van der Waals surface area contributed by atoms with Crippen LogP contribution in [-0.2, 0) is 6.42 Å². The number of nitrogens with zero attached hydrogens (tertiary/aromatic N) is 7. The lowest BCUT2D eigenvalue weighted by Crippen LogP contribution is -2.08. The van der Waals surface area contributed by atoms with E-state index in [2.05, 4.69) is 40.4 Å². The maximum Gasteiger partial charge on any atom is 0.228 e. The van der Waals surface area contributed by atoms with Crippen molar-refractivity contribution in [3.05, 3.63) is 85.4 Å². The number of hydrogen-bond donors (Lipinski definition) is 1. The second-order valence-corrected chi connectivity index (χ2v) is 6.85. The summed E-state index contributed by atoms with van der Waals surface area (Å²) in [4.78, 5) is 26.4. The number of aromatic nitrogens is 7. The lowest BCUT2D eigenvalue weighted by Gasteiger charge is -2.09. The fourth-order valence-electron chi connectivity index (χ4n) is 3.08. The van der Waals surface area contributed by atoms with Crippen molar-refractivity contribution in [2.45, 2.75) is 6.42 Å². The quantitative estimate of drug-likeness (QED) is 0.419. The molecule has 5 rings (SSSR count). The van der Waals surface area contributed by atoms with Crippen molar-refractivity contribution in [3.63, 3.8) is 0 Å². The molecule has 5 heterocycles. The predicted octanol–water partition coefficient (Wildman–Crippen LogP) is 3.70. The van der Waals surface area contributed by atoms with Crippen LogP contribution in [0.2, 0.25) is 0 Å². The molecule has 0 aliphatic carbocycles. The molecule has 0 saturated heterocycles. The van der Waals surface area contributed by atoms with E-state index < -0.39 is 0 Å². The SMILES string of the molecule is c1ccc(-c2nc(NCCc3nc(-c4cccnc4)no3)cc(-c3cccnc3)n2)nc1. The summed E-state index contributed by atoms with van der Waals surface area (Å²) in [5, 5.41) is 7.35. The van der Waals surface area contributed by atoms with Gasteiger partial charge in [-0.25, -0.2) is 9.97 Å². The number of rotatable bonds is 7. The normalized spacial score (nSPS) is 10.8. The molecule has 32 heavy (non-hydrogen) atoms. The van der Waals surface area contributed by atoms with Gasteiger partial charge < -0.3 is 9.84 Å². The molecular formula is C23H18N8O. The summed E-state index contributed by atoms with van der Waals surface area (Å²) in [6, 6.07) is 15.1. The molecule has 0 fully saturated rings. The van der Waals surface area contributed by atoms with Crippen molar-refractivity contribution in [3.8, 4) is 34.2 Å². The van der Waals surface area contributed by atoms with E-state index >= 15 is 0 Å². The molecule has 0 spiro atoms. The van der Waals surface area contributed by atoms with Gasteiger partial charge in [0, 0.05) is 61.1 Å². The van der Waals surface area contributed by atoms with Crippen LogP contribution in [0.4, 0.5) is 5.82 Å². The minimum absolute atomic E-state index is 0.520. The molecule has 156 valence electrons. The molecule has 5 aromatic heterocycles. The summed E-state index contributed by atoms with van der Waals surface area (Å²) in [7, 11) is 0. The molecule has 0 radical (unpaired) electrons. The van der Waals surface area contributed by atoms with Gasteiger partial charge in [0.05, 0.1) is 5.69 Å². The van der Waals surface area contributed by atoms with Gasteiger partial charge in [0.1, 0.15) is 11.5 Å². The van der Waals surface area contributed by atoms with Crippen molar-refractivity contribution in [2.24, 2.45) is 0 Å². The van der Waals surface area contributed by atoms with E-state index in [1.54, 1.807) is 31.0 Å². The van der Waals surface area contributed by atoms with Gasteiger partial charge in [-0.3, -0.25) is 15.0 Å². The first kappa shape index (κ1) is 19.4. The summed E-state index contributed by atoms with van der Waals surface area (Å²) < 4.78 is 5.36. The summed E-state index contributed by atoms with van der Waals surface area (Å²) in [6.45, 7) is 0.555. The fraction of sp³-hybridized carbons (Fsp3) is 0.0870. The first-order valence-corrected chi connectivity index (χ1v) is 10.0. The first-order chi connectivity index (χ1) is 15.8. The van der Waals surface area contributed by atoms with E-state index in [1.807, 2.05) is 48.5 Å². The second kappa shape index (κ2) is 9.09. The molecule has 0 aromatic carbocycles. The topological polar surface area (TPSA) is 115 Å². The summed E-state index contributed by atoms with van der Waals surface area (Å²) >= 11 is 0. The Morgan fingerprint density at radius 2 is 1.59 bits per heavy atom. The zero-order chi connectivity index (χ0) is 21.6. The number of nitrogens with one attached hydrogen (secondary N) is 1. The van der Waals surface area contributed by atoms with Gasteiger partial charge in [0.25, 0.3) is 0 Å². The van der Waals surface area contributed by atoms with E-state index in [4.69, 9.17) is 4.52 Å². The molecule has 0 amide bonds. The Kier molecular flexibility index (Phi) is 5.52. The maximum atomic E-state index is 5.36. The van der Waals surface area contributed by atoms with Crippen LogP contribution in [0.25, 0.3) is 34.2 Å². The van der Waals surface area contributed by atoms with Crippen LogP contribution in [0, 0.1) is 0 Å². The molecule has 0 bridgehead atoms. The van der Waals surface area contributed by atoms with Crippen molar-refractivity contribution in [2.75, 3.05) is 11.9 Å². The highest BCUT2D eigenvalue weighted by atomic mass is 16.5. The summed E-state index contributed by atoms with van der Waals surface area (Å²) in [5.74, 6) is 2.26. The Morgan fingerprint density at radius 1 is 0.750 bits per heavy atom. The average molecular weight is 422 g/mol. The van der Waals surface area contributed by atoms with E-state index in [-0.39, 0.29) is 0 Å². The van der Waals surface area contributed by atoms with Gasteiger partial charge in [-0.1, -0.05) is 11.2 Å².